The van der Waals surface area contributed by atoms with Crippen molar-refractivity contribution in [2.75, 3.05) is 13.2 Å². The minimum atomic E-state index is -1.02. The molecule has 2 aliphatic rings. The summed E-state index contributed by atoms with van der Waals surface area (Å²) in [4.78, 5) is 0. The fourth-order valence-electron chi connectivity index (χ4n) is 9.84. The molecule has 10 rings (SSSR count). The van der Waals surface area contributed by atoms with Gasteiger partial charge in [-0.1, -0.05) is 243 Å². The number of benzene rings is 8. The van der Waals surface area contributed by atoms with Gasteiger partial charge in [-0.15, -0.1) is 0 Å². The highest BCUT2D eigenvalue weighted by atomic mass is 16.8. The number of hydrogen-bond donors (Lipinski definition) is 0. The number of rotatable bonds is 28. The lowest BCUT2D eigenvalue weighted by Gasteiger charge is -2.48. The van der Waals surface area contributed by atoms with Crippen LogP contribution in [0.1, 0.15) is 44.5 Å². The van der Waals surface area contributed by atoms with E-state index in [1.807, 2.05) is 243 Å². The quantitative estimate of drug-likeness (QED) is 0.0438. The molecule has 0 bridgehead atoms. The van der Waals surface area contributed by atoms with Crippen LogP contribution in [0.15, 0.2) is 243 Å². The van der Waals surface area contributed by atoms with Crippen molar-refractivity contribution in [1.82, 2.24) is 0 Å². The smallest absolute Gasteiger partial charge is 0.187 e. The molecule has 8 aromatic rings. The summed E-state index contributed by atoms with van der Waals surface area (Å²) >= 11 is 0. The van der Waals surface area contributed by atoms with Crippen molar-refractivity contribution in [1.29, 1.82) is 0 Å². The van der Waals surface area contributed by atoms with Crippen molar-refractivity contribution >= 4 is 0 Å². The van der Waals surface area contributed by atoms with Crippen LogP contribution >= 0.6 is 0 Å². The van der Waals surface area contributed by atoms with Crippen molar-refractivity contribution in [3.05, 3.63) is 287 Å². The second kappa shape index (κ2) is 30.1. The number of hydrogen-bond acceptors (Lipinski definition) is 11. The van der Waals surface area contributed by atoms with Crippen LogP contribution in [0.5, 0.6) is 0 Å². The highest BCUT2D eigenvalue weighted by Crippen LogP contribution is 2.35. The summed E-state index contributed by atoms with van der Waals surface area (Å²) in [6.07, 6.45) is -7.82. The van der Waals surface area contributed by atoms with Gasteiger partial charge in [0.1, 0.15) is 48.8 Å². The molecule has 0 amide bonds. The zero-order valence-electron chi connectivity index (χ0n) is 44.4. The molecule has 2 saturated heterocycles. The van der Waals surface area contributed by atoms with Crippen LogP contribution in [-0.2, 0) is 105 Å². The van der Waals surface area contributed by atoms with Crippen LogP contribution in [0, 0.1) is 0 Å². The first-order chi connectivity index (χ1) is 39.2. The van der Waals surface area contributed by atoms with E-state index in [0.29, 0.717) is 13.2 Å². The maximum atomic E-state index is 7.19. The fourth-order valence-corrected chi connectivity index (χ4v) is 9.84. The van der Waals surface area contributed by atoms with Crippen molar-refractivity contribution in [3.63, 3.8) is 0 Å². The van der Waals surface area contributed by atoms with Crippen molar-refractivity contribution in [2.45, 2.75) is 114 Å². The summed E-state index contributed by atoms with van der Waals surface area (Å²) in [5.41, 5.74) is 7.95. The van der Waals surface area contributed by atoms with Gasteiger partial charge in [-0.25, -0.2) is 0 Å². The molecule has 10 atom stereocenters. The molecule has 2 fully saturated rings. The summed E-state index contributed by atoms with van der Waals surface area (Å²) in [6, 6.07) is 80.6. The molecule has 0 aliphatic carbocycles. The molecule has 1 unspecified atom stereocenters. The summed E-state index contributed by atoms with van der Waals surface area (Å²) < 4.78 is 77.0. The zero-order valence-corrected chi connectivity index (χ0v) is 44.4. The third-order valence-electron chi connectivity index (χ3n) is 14.0. The summed E-state index contributed by atoms with van der Waals surface area (Å²) in [7, 11) is 0. The van der Waals surface area contributed by atoms with Gasteiger partial charge in [0, 0.05) is 0 Å². The first-order valence-corrected chi connectivity index (χ1v) is 27.3. The Morgan fingerprint density at radius 3 is 0.747 bits per heavy atom. The molecule has 2 aliphatic heterocycles. The van der Waals surface area contributed by atoms with Crippen LogP contribution in [0.4, 0.5) is 0 Å². The van der Waals surface area contributed by atoms with Crippen molar-refractivity contribution < 1.29 is 52.1 Å². The SMILES string of the molecule is c1ccc(COC[C@@H]2O[13C@@H](OC[C@@H]3OC(OCc4ccccc4)[C@@H](OCc4ccccc4)[C@H](OCc4ccccc4)[C@H]3OCc3ccccc3)[C@@H](OCc3ccccc3)[C@H](OCc3ccccc3)[C@H]2OCc2ccccc2)cc1. The second-order valence-corrected chi connectivity index (χ2v) is 19.8. The lowest BCUT2D eigenvalue weighted by molar-refractivity contribution is -0.354. The molecule has 0 saturated carbocycles. The first kappa shape index (κ1) is 55.6. The summed E-state index contributed by atoms with van der Waals surface area (Å²) in [6.45, 7) is 2.38. The van der Waals surface area contributed by atoms with Gasteiger partial charge < -0.3 is 52.1 Å². The molecule has 0 radical (unpaired) electrons. The maximum absolute atomic E-state index is 7.19. The van der Waals surface area contributed by atoms with E-state index < -0.39 is 61.4 Å². The van der Waals surface area contributed by atoms with Crippen molar-refractivity contribution in [2.24, 2.45) is 0 Å². The highest BCUT2D eigenvalue weighted by molar-refractivity contribution is 5.20. The molecule has 0 spiro atoms. The van der Waals surface area contributed by atoms with Gasteiger partial charge in [-0.3, -0.25) is 0 Å². The van der Waals surface area contributed by atoms with Gasteiger partial charge in [0.25, 0.3) is 0 Å². The molecule has 0 N–H and O–H groups in total. The van der Waals surface area contributed by atoms with Crippen LogP contribution in [0.25, 0.3) is 0 Å². The monoisotopic (exact) mass is 1060 g/mol. The largest absolute Gasteiger partial charge is 0.374 e. The first-order valence-electron chi connectivity index (χ1n) is 27.3. The molecule has 8 aromatic carbocycles. The molecule has 0 aromatic heterocycles. The van der Waals surface area contributed by atoms with Crippen LogP contribution in [-0.4, -0.2) is 74.6 Å². The minimum Gasteiger partial charge on any atom is -0.374 e. The van der Waals surface area contributed by atoms with E-state index in [1.54, 1.807) is 0 Å². The Labute approximate surface area is 464 Å². The Balaban J connectivity index is 1.01. The maximum Gasteiger partial charge on any atom is 0.187 e. The standard InChI is InChI=1S/C68H70O11/c1-9-25-51(26-10-1)41-69-49-59-61(70-42-52-27-11-2-12-28-52)63(72-44-54-31-15-4-16-32-54)66(75-47-57-37-21-7-22-38-57)68(78-59)77-50-60-62(71-43-53-29-13-3-14-30-53)64(73-45-55-33-17-5-18-34-55)65(74-46-56-35-19-6-20-36-56)67(79-60)76-48-58-39-23-8-24-40-58/h1-40,59-68H,41-50H2/t59-,60-,61-,62-,63+,64+,65-,66-,67?,68+/m0/s1/i68+1. The summed E-state index contributed by atoms with van der Waals surface area (Å²) in [5, 5.41) is 0. The third-order valence-corrected chi connectivity index (χ3v) is 14.0. The highest BCUT2D eigenvalue weighted by Gasteiger charge is 2.52. The topological polar surface area (TPSA) is 102 Å². The molecule has 2 heterocycles. The molecule has 408 valence electrons. The van der Waals surface area contributed by atoms with Gasteiger partial charge in [0.15, 0.2) is 12.6 Å². The third kappa shape index (κ3) is 16.7. The lowest BCUT2D eigenvalue weighted by Crippen LogP contribution is -2.64. The molecule has 11 nitrogen and oxygen atoms in total. The van der Waals surface area contributed by atoms with Crippen LogP contribution < -0.4 is 0 Å². The van der Waals surface area contributed by atoms with E-state index >= 15 is 0 Å². The van der Waals surface area contributed by atoms with Gasteiger partial charge >= 0.3 is 0 Å². The lowest BCUT2D eigenvalue weighted by atomic mass is 9.97. The average molecular weight is 1060 g/mol. The van der Waals surface area contributed by atoms with E-state index in [9.17, 15) is 0 Å². The van der Waals surface area contributed by atoms with E-state index in [4.69, 9.17) is 52.1 Å². The van der Waals surface area contributed by atoms with Gasteiger partial charge in [0.05, 0.1) is 66.1 Å². The van der Waals surface area contributed by atoms with Gasteiger partial charge in [-0.2, -0.15) is 0 Å². The Morgan fingerprint density at radius 2 is 0.443 bits per heavy atom. The fraction of sp³-hybridized carbons (Fsp3) is 0.294. The van der Waals surface area contributed by atoms with Gasteiger partial charge in [-0.05, 0) is 44.5 Å². The Kier molecular flexibility index (Phi) is 21.2. The number of ether oxygens (including phenoxy) is 11. The average Bonchev–Trinajstić information content (AvgIpc) is 3.57. The van der Waals surface area contributed by atoms with E-state index in [-0.39, 0.29) is 52.9 Å². The Hall–Kier alpha value is -6.68. The summed E-state index contributed by atoms with van der Waals surface area (Å²) in [5.74, 6) is 0. The van der Waals surface area contributed by atoms with E-state index in [0.717, 1.165) is 44.5 Å². The molecular weight excluding hydrogens is 994 g/mol. The predicted molar refractivity (Wildman–Crippen MR) is 301 cm³/mol. The molecule has 79 heavy (non-hydrogen) atoms. The minimum absolute atomic E-state index is 0.0321. The molecular formula is C68H70O11. The van der Waals surface area contributed by atoms with E-state index in [1.165, 1.54) is 0 Å². The van der Waals surface area contributed by atoms with Gasteiger partial charge in [0.2, 0.25) is 0 Å². The van der Waals surface area contributed by atoms with E-state index in [2.05, 4.69) is 0 Å². The van der Waals surface area contributed by atoms with Crippen LogP contribution in [0.2, 0.25) is 0 Å². The molecule has 11 heteroatoms. The Bertz CT molecular complexity index is 2890. The predicted octanol–water partition coefficient (Wildman–Crippen LogP) is 12.4. The van der Waals surface area contributed by atoms with Crippen LogP contribution in [0.3, 0.4) is 0 Å². The normalized spacial score (nSPS) is 23.0. The Morgan fingerprint density at radius 1 is 0.215 bits per heavy atom. The van der Waals surface area contributed by atoms with Crippen molar-refractivity contribution in [3.8, 4) is 0 Å². The zero-order chi connectivity index (χ0) is 53.5. The second-order valence-electron chi connectivity index (χ2n) is 19.8.